The molecule has 1 saturated heterocycles. The number of amides is 1. The van der Waals surface area contributed by atoms with Gasteiger partial charge in [0, 0.05) is 39.6 Å². The van der Waals surface area contributed by atoms with Gasteiger partial charge < -0.3 is 19.3 Å². The summed E-state index contributed by atoms with van der Waals surface area (Å²) in [6.07, 6.45) is 3.33. The number of likely N-dealkylation sites (N-methyl/N-ethyl adjacent to an activating group) is 1. The van der Waals surface area contributed by atoms with E-state index in [9.17, 15) is 4.79 Å². The molecule has 1 aliphatic rings. The van der Waals surface area contributed by atoms with E-state index in [2.05, 4.69) is 14.9 Å². The summed E-state index contributed by atoms with van der Waals surface area (Å²) in [5.74, 6) is 0.631. The average molecular weight is 308 g/mol. The van der Waals surface area contributed by atoms with Crippen molar-refractivity contribution in [1.82, 2.24) is 14.9 Å². The minimum Gasteiger partial charge on any atom is -0.369 e. The third kappa shape index (κ3) is 4.64. The quantitative estimate of drug-likeness (QED) is 0.792. The molecular formula is C15H24N4O3. The predicted octanol–water partition coefficient (Wildman–Crippen LogP) is 0.565. The van der Waals surface area contributed by atoms with Crippen LogP contribution in [0, 0.1) is 0 Å². The van der Waals surface area contributed by atoms with Gasteiger partial charge >= 0.3 is 0 Å². The van der Waals surface area contributed by atoms with Crippen molar-refractivity contribution < 1.29 is 14.3 Å². The van der Waals surface area contributed by atoms with E-state index in [1.807, 2.05) is 13.8 Å². The summed E-state index contributed by atoms with van der Waals surface area (Å²) in [4.78, 5) is 23.7. The summed E-state index contributed by atoms with van der Waals surface area (Å²) in [6.45, 7) is 5.84. The third-order valence-corrected chi connectivity index (χ3v) is 3.34. The molecule has 7 nitrogen and oxygen atoms in total. The fourth-order valence-electron chi connectivity index (χ4n) is 2.40. The van der Waals surface area contributed by atoms with Crippen LogP contribution >= 0.6 is 0 Å². The third-order valence-electron chi connectivity index (χ3n) is 3.34. The number of hydrogen-bond donors (Lipinski definition) is 0. The summed E-state index contributed by atoms with van der Waals surface area (Å²) in [7, 11) is 3.42. The van der Waals surface area contributed by atoms with Gasteiger partial charge in [0.25, 0.3) is 0 Å². The highest BCUT2D eigenvalue weighted by Crippen LogP contribution is 2.23. The topological polar surface area (TPSA) is 67.8 Å². The van der Waals surface area contributed by atoms with E-state index in [1.54, 1.807) is 32.6 Å². The van der Waals surface area contributed by atoms with E-state index >= 15 is 0 Å². The maximum absolute atomic E-state index is 11.5. The van der Waals surface area contributed by atoms with E-state index in [4.69, 9.17) is 9.47 Å². The van der Waals surface area contributed by atoms with Crippen LogP contribution in [0.5, 0.6) is 0 Å². The van der Waals surface area contributed by atoms with Gasteiger partial charge in [0.1, 0.15) is 6.61 Å². The molecule has 22 heavy (non-hydrogen) atoms. The molecule has 0 aliphatic carbocycles. The lowest BCUT2D eigenvalue weighted by molar-refractivity contribution is -0.139. The Morgan fingerprint density at radius 2 is 2.14 bits per heavy atom. The van der Waals surface area contributed by atoms with Gasteiger partial charge in [-0.15, -0.1) is 0 Å². The first kappa shape index (κ1) is 16.6. The predicted molar refractivity (Wildman–Crippen MR) is 82.7 cm³/mol. The van der Waals surface area contributed by atoms with Gasteiger partial charge in [-0.3, -0.25) is 4.79 Å². The van der Waals surface area contributed by atoms with Crippen LogP contribution in [0.3, 0.4) is 0 Å². The Balaban J connectivity index is 1.93. The largest absolute Gasteiger partial charge is 0.369 e. The van der Waals surface area contributed by atoms with E-state index in [-0.39, 0.29) is 24.2 Å². The van der Waals surface area contributed by atoms with E-state index in [0.717, 1.165) is 0 Å². The van der Waals surface area contributed by atoms with Crippen molar-refractivity contribution in [2.75, 3.05) is 45.3 Å². The number of nitrogens with zero attached hydrogens (tertiary/aromatic N) is 4. The van der Waals surface area contributed by atoms with Crippen molar-refractivity contribution in [2.45, 2.75) is 25.6 Å². The minimum atomic E-state index is -0.322. The molecule has 0 radical (unpaired) electrons. The summed E-state index contributed by atoms with van der Waals surface area (Å²) in [5.41, 5.74) is -0.322. The van der Waals surface area contributed by atoms with Crippen molar-refractivity contribution in [2.24, 2.45) is 0 Å². The molecular weight excluding hydrogens is 284 g/mol. The molecule has 2 rings (SSSR count). The summed E-state index contributed by atoms with van der Waals surface area (Å²) in [6, 6.07) is 1.79. The lowest BCUT2D eigenvalue weighted by atomic mass is 10.1. The molecule has 1 amide bonds. The lowest BCUT2D eigenvalue weighted by Crippen LogP contribution is -2.54. The highest BCUT2D eigenvalue weighted by atomic mass is 16.6. The van der Waals surface area contributed by atoms with E-state index < -0.39 is 0 Å². The number of carbonyl (C=O) groups is 1. The van der Waals surface area contributed by atoms with Crippen LogP contribution in [0.4, 0.5) is 5.95 Å². The smallest absolute Gasteiger partial charge is 0.248 e. The normalized spacial score (nSPS) is 20.7. The van der Waals surface area contributed by atoms with Crippen LogP contribution in [-0.4, -0.2) is 72.9 Å². The SMILES string of the molecule is CN(C)C(=O)COC[C@@H]1CN(c2ncccn2)CC(C)(C)O1. The van der Waals surface area contributed by atoms with Crippen LogP contribution in [0.1, 0.15) is 13.8 Å². The zero-order valence-electron chi connectivity index (χ0n) is 13.7. The Labute approximate surface area is 131 Å². The van der Waals surface area contributed by atoms with Crippen LogP contribution in [0.25, 0.3) is 0 Å². The van der Waals surface area contributed by atoms with Crippen molar-refractivity contribution in [3.8, 4) is 0 Å². The molecule has 0 N–H and O–H groups in total. The first-order chi connectivity index (χ1) is 10.4. The van der Waals surface area contributed by atoms with Gasteiger partial charge in [-0.25, -0.2) is 9.97 Å². The number of hydrogen-bond acceptors (Lipinski definition) is 6. The Kier molecular flexibility index (Phi) is 5.31. The molecule has 1 fully saturated rings. The van der Waals surface area contributed by atoms with Crippen molar-refractivity contribution in [3.63, 3.8) is 0 Å². The fourth-order valence-corrected chi connectivity index (χ4v) is 2.40. The molecule has 0 unspecified atom stereocenters. The molecule has 0 aromatic carbocycles. The van der Waals surface area contributed by atoms with E-state index in [1.165, 1.54) is 4.90 Å². The van der Waals surface area contributed by atoms with Gasteiger partial charge in [0.15, 0.2) is 0 Å². The van der Waals surface area contributed by atoms with Gasteiger partial charge in [-0.1, -0.05) is 0 Å². The summed E-state index contributed by atoms with van der Waals surface area (Å²) in [5, 5.41) is 0. The van der Waals surface area contributed by atoms with Gasteiger partial charge in [0.05, 0.1) is 18.3 Å². The molecule has 1 aromatic heterocycles. The molecule has 1 atom stereocenters. The van der Waals surface area contributed by atoms with Crippen LogP contribution in [-0.2, 0) is 14.3 Å². The number of ether oxygens (including phenoxy) is 2. The number of morpholine rings is 1. The van der Waals surface area contributed by atoms with Gasteiger partial charge in [-0.05, 0) is 19.9 Å². The Morgan fingerprint density at radius 3 is 2.77 bits per heavy atom. The van der Waals surface area contributed by atoms with Crippen molar-refractivity contribution in [1.29, 1.82) is 0 Å². The van der Waals surface area contributed by atoms with E-state index in [0.29, 0.717) is 25.6 Å². The number of anilines is 1. The zero-order chi connectivity index (χ0) is 16.2. The fraction of sp³-hybridized carbons (Fsp3) is 0.667. The zero-order valence-corrected chi connectivity index (χ0v) is 13.7. The molecule has 1 aliphatic heterocycles. The Hall–Kier alpha value is -1.73. The minimum absolute atomic E-state index is 0.0571. The summed E-state index contributed by atoms with van der Waals surface area (Å²) >= 11 is 0. The standard InChI is InChI=1S/C15H24N4O3/c1-15(2)11-19(14-16-6-5-7-17-14)8-12(22-15)9-21-10-13(20)18(3)4/h5-7,12H,8-11H2,1-4H3/t12-/m0/s1. The first-order valence-corrected chi connectivity index (χ1v) is 7.35. The summed E-state index contributed by atoms with van der Waals surface area (Å²) < 4.78 is 11.5. The number of rotatable bonds is 5. The molecule has 0 spiro atoms. The molecule has 2 heterocycles. The van der Waals surface area contributed by atoms with Crippen molar-refractivity contribution >= 4 is 11.9 Å². The maximum Gasteiger partial charge on any atom is 0.248 e. The molecule has 1 aromatic rings. The van der Waals surface area contributed by atoms with Crippen LogP contribution < -0.4 is 4.90 Å². The molecule has 7 heteroatoms. The Morgan fingerprint density at radius 1 is 1.45 bits per heavy atom. The second-order valence-corrected chi connectivity index (χ2v) is 6.23. The number of aromatic nitrogens is 2. The molecule has 0 bridgehead atoms. The van der Waals surface area contributed by atoms with Crippen LogP contribution in [0.2, 0.25) is 0 Å². The number of carbonyl (C=O) groups excluding carboxylic acids is 1. The Bertz CT molecular complexity index is 493. The highest BCUT2D eigenvalue weighted by molar-refractivity contribution is 5.76. The van der Waals surface area contributed by atoms with Gasteiger partial charge in [0.2, 0.25) is 11.9 Å². The second kappa shape index (κ2) is 7.02. The highest BCUT2D eigenvalue weighted by Gasteiger charge is 2.34. The maximum atomic E-state index is 11.5. The monoisotopic (exact) mass is 308 g/mol. The van der Waals surface area contributed by atoms with Crippen molar-refractivity contribution in [3.05, 3.63) is 18.5 Å². The first-order valence-electron chi connectivity index (χ1n) is 7.35. The lowest BCUT2D eigenvalue weighted by Gasteiger charge is -2.42. The average Bonchev–Trinajstić information content (AvgIpc) is 2.46. The second-order valence-electron chi connectivity index (χ2n) is 6.23. The molecule has 0 saturated carbocycles. The molecule has 122 valence electrons. The van der Waals surface area contributed by atoms with Gasteiger partial charge in [-0.2, -0.15) is 0 Å². The van der Waals surface area contributed by atoms with Crippen LogP contribution in [0.15, 0.2) is 18.5 Å².